The van der Waals surface area contributed by atoms with E-state index in [1.54, 1.807) is 0 Å². The maximum Gasteiger partial charge on any atom is 0.143 e. The molecule has 0 radical (unpaired) electrons. The van der Waals surface area contributed by atoms with Gasteiger partial charge in [-0.05, 0) is 5.92 Å². The normalized spacial score (nSPS) is 19.3. The molecule has 1 aliphatic rings. The minimum Gasteiger partial charge on any atom is -0.299 e. The summed E-state index contributed by atoms with van der Waals surface area (Å²) in [6.07, 6.45) is 9.01. The van der Waals surface area contributed by atoms with Crippen LogP contribution < -0.4 is 0 Å². The predicted octanol–water partition coefficient (Wildman–Crippen LogP) is 4.12. The lowest BCUT2D eigenvalue weighted by Crippen LogP contribution is -2.24. The molecule has 0 aromatic rings. The Morgan fingerprint density at radius 1 is 1.25 bits per heavy atom. The smallest absolute Gasteiger partial charge is 0.143 e. The van der Waals surface area contributed by atoms with Crippen molar-refractivity contribution in [2.75, 3.05) is 10.7 Å². The van der Waals surface area contributed by atoms with Crippen LogP contribution in [-0.2, 0) is 4.79 Å². The van der Waals surface area contributed by atoms with Crippen molar-refractivity contribution in [3.05, 3.63) is 24.3 Å². The molecule has 0 fully saturated rings. The molecule has 0 aliphatic heterocycles. The second-order valence-electron chi connectivity index (χ2n) is 4.81. The van der Waals surface area contributed by atoms with E-state index in [-0.39, 0.29) is 11.3 Å². The van der Waals surface area contributed by atoms with Gasteiger partial charge in [-0.25, -0.2) is 0 Å². The van der Waals surface area contributed by atoms with Crippen LogP contribution in [0.25, 0.3) is 0 Å². The van der Waals surface area contributed by atoms with Crippen molar-refractivity contribution in [1.29, 1.82) is 0 Å². The van der Waals surface area contributed by atoms with E-state index < -0.39 is 0 Å². The number of Topliss-reactive ketones (excluding diaryl/α,β-unsaturated/α-hetero) is 1. The summed E-state index contributed by atoms with van der Waals surface area (Å²) in [4.78, 5) is 11.9. The molecule has 0 spiro atoms. The van der Waals surface area contributed by atoms with Crippen LogP contribution in [0.2, 0.25) is 0 Å². The summed E-state index contributed by atoms with van der Waals surface area (Å²) < 4.78 is 0. The Bertz CT molecular complexity index is 285. The van der Waals surface area contributed by atoms with Crippen LogP contribution in [0.3, 0.4) is 0 Å². The quantitative estimate of drug-likeness (QED) is 0.539. The zero-order valence-electron chi connectivity index (χ0n) is 9.75. The average Bonchev–Trinajstić information content (AvgIpc) is 2.28. The molecule has 0 aromatic heterocycles. The number of carbonyl (C=O) groups excluding carboxylic acids is 1. The zero-order chi connectivity index (χ0) is 12.2. The third-order valence-corrected chi connectivity index (χ3v) is 4.84. The van der Waals surface area contributed by atoms with E-state index in [0.717, 1.165) is 10.7 Å². The topological polar surface area (TPSA) is 17.1 Å². The Morgan fingerprint density at radius 3 is 2.12 bits per heavy atom. The minimum absolute atomic E-state index is 0.0198. The second kappa shape index (κ2) is 6.15. The van der Waals surface area contributed by atoms with Crippen LogP contribution in [-0.4, -0.2) is 16.4 Å². The fourth-order valence-electron chi connectivity index (χ4n) is 1.68. The van der Waals surface area contributed by atoms with Crippen LogP contribution in [0.15, 0.2) is 24.3 Å². The highest BCUT2D eigenvalue weighted by Crippen LogP contribution is 2.32. The average molecular weight is 350 g/mol. The van der Waals surface area contributed by atoms with Crippen LogP contribution in [0.1, 0.15) is 20.3 Å². The van der Waals surface area contributed by atoms with Gasteiger partial charge >= 0.3 is 0 Å². The van der Waals surface area contributed by atoms with Crippen LogP contribution >= 0.6 is 31.9 Å². The largest absolute Gasteiger partial charge is 0.299 e. The summed E-state index contributed by atoms with van der Waals surface area (Å²) in [5.74, 6) is 0.738. The van der Waals surface area contributed by atoms with Gasteiger partial charge in [-0.3, -0.25) is 4.79 Å². The SMILES string of the molecule is CC(C)CC(=O)C1C=CC(CBr)(CBr)C=C1. The van der Waals surface area contributed by atoms with Gasteiger partial charge in [-0.1, -0.05) is 70.0 Å². The molecule has 0 aromatic carbocycles. The Hall–Kier alpha value is 0.110. The highest BCUT2D eigenvalue weighted by atomic mass is 79.9. The number of ketones is 1. The van der Waals surface area contributed by atoms with Gasteiger partial charge < -0.3 is 0 Å². The highest BCUT2D eigenvalue weighted by molar-refractivity contribution is 9.09. The monoisotopic (exact) mass is 348 g/mol. The standard InChI is InChI=1S/C13H18Br2O/c1-10(2)7-12(16)11-3-5-13(8-14,9-15)6-4-11/h3-6,10-11H,7-9H2,1-2H3. The molecule has 0 amide bonds. The van der Waals surface area contributed by atoms with Gasteiger partial charge in [0.15, 0.2) is 0 Å². The van der Waals surface area contributed by atoms with E-state index in [2.05, 4.69) is 57.9 Å². The molecule has 0 atom stereocenters. The molecule has 1 aliphatic carbocycles. The van der Waals surface area contributed by atoms with E-state index >= 15 is 0 Å². The first-order valence-corrected chi connectivity index (χ1v) is 7.80. The molecule has 3 heteroatoms. The third-order valence-electron chi connectivity index (χ3n) is 2.75. The number of alkyl halides is 2. The lowest BCUT2D eigenvalue weighted by molar-refractivity contribution is -0.121. The minimum atomic E-state index is -0.0198. The molecule has 1 rings (SSSR count). The Labute approximate surface area is 115 Å². The van der Waals surface area contributed by atoms with Crippen molar-refractivity contribution in [3.8, 4) is 0 Å². The molecule has 16 heavy (non-hydrogen) atoms. The van der Waals surface area contributed by atoms with E-state index in [0.29, 0.717) is 18.1 Å². The maximum absolute atomic E-state index is 11.9. The molecule has 0 saturated carbocycles. The lowest BCUT2D eigenvalue weighted by atomic mass is 9.83. The fraction of sp³-hybridized carbons (Fsp3) is 0.615. The van der Waals surface area contributed by atoms with E-state index in [1.165, 1.54) is 0 Å². The lowest BCUT2D eigenvalue weighted by Gasteiger charge is -2.26. The van der Waals surface area contributed by atoms with Crippen LogP contribution in [0, 0.1) is 17.3 Å². The van der Waals surface area contributed by atoms with Crippen LogP contribution in [0.4, 0.5) is 0 Å². The number of hydrogen-bond acceptors (Lipinski definition) is 1. The van der Waals surface area contributed by atoms with Gasteiger partial charge in [0.1, 0.15) is 5.78 Å². The van der Waals surface area contributed by atoms with Gasteiger partial charge in [-0.15, -0.1) is 0 Å². The molecule has 90 valence electrons. The van der Waals surface area contributed by atoms with Crippen molar-refractivity contribution in [3.63, 3.8) is 0 Å². The van der Waals surface area contributed by atoms with Crippen molar-refractivity contribution in [2.24, 2.45) is 17.3 Å². The first-order chi connectivity index (χ1) is 7.53. The van der Waals surface area contributed by atoms with Crippen molar-refractivity contribution in [1.82, 2.24) is 0 Å². The first-order valence-electron chi connectivity index (χ1n) is 5.56. The fourth-order valence-corrected chi connectivity index (χ4v) is 3.35. The number of hydrogen-bond donors (Lipinski definition) is 0. The molecule has 0 saturated heterocycles. The summed E-state index contributed by atoms with van der Waals surface area (Å²) in [6, 6.07) is 0. The number of allylic oxidation sites excluding steroid dienone is 4. The summed E-state index contributed by atoms with van der Waals surface area (Å²) in [5.41, 5.74) is 0.0363. The zero-order valence-corrected chi connectivity index (χ0v) is 12.9. The first kappa shape index (κ1) is 14.2. The van der Waals surface area contributed by atoms with E-state index in [1.807, 2.05) is 12.2 Å². The van der Waals surface area contributed by atoms with Gasteiger partial charge in [0, 0.05) is 22.5 Å². The maximum atomic E-state index is 11.9. The van der Waals surface area contributed by atoms with E-state index in [4.69, 9.17) is 0 Å². The summed E-state index contributed by atoms with van der Waals surface area (Å²) in [7, 11) is 0. The molecule has 0 bridgehead atoms. The second-order valence-corrected chi connectivity index (χ2v) is 5.93. The Morgan fingerprint density at radius 2 is 1.75 bits per heavy atom. The van der Waals surface area contributed by atoms with Gasteiger partial charge in [0.05, 0.1) is 5.92 Å². The molecular formula is C13H18Br2O. The Balaban J connectivity index is 2.65. The van der Waals surface area contributed by atoms with Gasteiger partial charge in [-0.2, -0.15) is 0 Å². The summed E-state index contributed by atoms with van der Waals surface area (Å²) >= 11 is 7.02. The van der Waals surface area contributed by atoms with Gasteiger partial charge in [0.2, 0.25) is 0 Å². The van der Waals surface area contributed by atoms with Crippen molar-refractivity contribution < 1.29 is 4.79 Å². The van der Waals surface area contributed by atoms with Crippen molar-refractivity contribution >= 4 is 37.6 Å². The molecule has 0 unspecified atom stereocenters. The number of halogens is 2. The van der Waals surface area contributed by atoms with E-state index in [9.17, 15) is 4.79 Å². The molecule has 1 nitrogen and oxygen atoms in total. The summed E-state index contributed by atoms with van der Waals surface area (Å²) in [5, 5.41) is 1.76. The van der Waals surface area contributed by atoms with Gasteiger partial charge in [0.25, 0.3) is 0 Å². The molecule has 0 heterocycles. The van der Waals surface area contributed by atoms with Crippen LogP contribution in [0.5, 0.6) is 0 Å². The Kier molecular flexibility index (Phi) is 5.45. The van der Waals surface area contributed by atoms with Crippen molar-refractivity contribution in [2.45, 2.75) is 20.3 Å². The number of carbonyl (C=O) groups is 1. The predicted molar refractivity (Wildman–Crippen MR) is 76.3 cm³/mol. The summed E-state index contributed by atoms with van der Waals surface area (Å²) in [6.45, 7) is 4.16. The molecular weight excluding hydrogens is 332 g/mol. The molecule has 0 N–H and O–H groups in total. The number of rotatable bonds is 5. The third kappa shape index (κ3) is 3.56. The highest BCUT2D eigenvalue weighted by Gasteiger charge is 2.26.